The zero-order chi connectivity index (χ0) is 23.0. The number of carbonyl (C=O) groups is 1. The number of hydrogen-bond donors (Lipinski definition) is 1. The molecule has 2 fully saturated rings. The van der Waals surface area contributed by atoms with Gasteiger partial charge in [-0.3, -0.25) is 4.79 Å². The molecule has 2 saturated heterocycles. The smallest absolute Gasteiger partial charge is 0.222 e. The predicted octanol–water partition coefficient (Wildman–Crippen LogP) is 4.14. The number of halogens is 1. The standard InChI is InChI=1S/C15H21NO2.C11H13ClN2O/c1-2-8-16(7-1)9-3-4-13-5-6-14-15(12-13)18-11-10-17-14;12-9-1-3-10(4-2-9)14-6-5-8(7-14)11(13)15/h5-6,12H,1-4,7-11H2;1-4,8H,5-7H2,(H2,13,15). The molecule has 0 spiro atoms. The molecule has 0 radical (unpaired) electrons. The summed E-state index contributed by atoms with van der Waals surface area (Å²) in [6.07, 6.45) is 5.97. The first kappa shape index (κ1) is 23.7. The van der Waals surface area contributed by atoms with Crippen molar-refractivity contribution in [2.75, 3.05) is 50.8 Å². The van der Waals surface area contributed by atoms with Gasteiger partial charge in [-0.25, -0.2) is 0 Å². The predicted molar refractivity (Wildman–Crippen MR) is 132 cm³/mol. The van der Waals surface area contributed by atoms with E-state index in [1.54, 1.807) is 0 Å². The number of rotatable bonds is 6. The van der Waals surface area contributed by atoms with Crippen molar-refractivity contribution in [3.8, 4) is 11.5 Å². The van der Waals surface area contributed by atoms with Gasteiger partial charge in [-0.05, 0) is 93.7 Å². The summed E-state index contributed by atoms with van der Waals surface area (Å²) in [5.41, 5.74) is 7.74. The van der Waals surface area contributed by atoms with Gasteiger partial charge in [0.1, 0.15) is 13.2 Å². The zero-order valence-electron chi connectivity index (χ0n) is 19.2. The summed E-state index contributed by atoms with van der Waals surface area (Å²) in [4.78, 5) is 15.7. The Kier molecular flexibility index (Phi) is 8.35. The number of benzene rings is 2. The number of anilines is 1. The van der Waals surface area contributed by atoms with Crippen molar-refractivity contribution < 1.29 is 14.3 Å². The van der Waals surface area contributed by atoms with E-state index < -0.39 is 0 Å². The third kappa shape index (κ3) is 6.78. The van der Waals surface area contributed by atoms with Crippen LogP contribution in [0.25, 0.3) is 0 Å². The third-order valence-corrected chi connectivity index (χ3v) is 6.78. The second kappa shape index (κ2) is 11.6. The summed E-state index contributed by atoms with van der Waals surface area (Å²) in [5.74, 6) is 1.59. The lowest BCUT2D eigenvalue weighted by Crippen LogP contribution is -2.27. The van der Waals surface area contributed by atoms with Gasteiger partial charge in [-0.2, -0.15) is 0 Å². The summed E-state index contributed by atoms with van der Waals surface area (Å²) in [6.45, 7) is 6.76. The van der Waals surface area contributed by atoms with Crippen LogP contribution in [-0.4, -0.2) is 56.7 Å². The average molecular weight is 472 g/mol. The highest BCUT2D eigenvalue weighted by Crippen LogP contribution is 2.31. The molecule has 33 heavy (non-hydrogen) atoms. The summed E-state index contributed by atoms with van der Waals surface area (Å²) >= 11 is 5.80. The summed E-state index contributed by atoms with van der Waals surface area (Å²) in [6, 6.07) is 14.0. The molecule has 2 N–H and O–H groups in total. The summed E-state index contributed by atoms with van der Waals surface area (Å²) in [7, 11) is 0. The molecule has 1 atom stereocenters. The van der Waals surface area contributed by atoms with E-state index >= 15 is 0 Å². The van der Waals surface area contributed by atoms with Gasteiger partial charge in [0.25, 0.3) is 0 Å². The molecule has 178 valence electrons. The van der Waals surface area contributed by atoms with E-state index in [2.05, 4.69) is 21.9 Å². The Morgan fingerprint density at radius 2 is 1.73 bits per heavy atom. The van der Waals surface area contributed by atoms with Gasteiger partial charge < -0.3 is 25.0 Å². The lowest BCUT2D eigenvalue weighted by atomic mass is 10.1. The van der Waals surface area contributed by atoms with Crippen LogP contribution in [0.3, 0.4) is 0 Å². The second-order valence-corrected chi connectivity index (χ2v) is 9.38. The highest BCUT2D eigenvalue weighted by Gasteiger charge is 2.26. The number of fused-ring (bicyclic) bond motifs is 1. The van der Waals surface area contributed by atoms with Gasteiger partial charge in [-0.15, -0.1) is 0 Å². The number of carbonyl (C=O) groups excluding carboxylic acids is 1. The van der Waals surface area contributed by atoms with Gasteiger partial charge in [0.2, 0.25) is 5.91 Å². The lowest BCUT2D eigenvalue weighted by molar-refractivity contribution is -0.121. The van der Waals surface area contributed by atoms with Crippen LogP contribution in [0.1, 0.15) is 31.2 Å². The minimum Gasteiger partial charge on any atom is -0.486 e. The molecule has 0 aromatic heterocycles. The molecule has 7 heteroatoms. The van der Waals surface area contributed by atoms with Crippen LogP contribution in [0.15, 0.2) is 42.5 Å². The molecule has 1 amide bonds. The van der Waals surface area contributed by atoms with Gasteiger partial charge in [0.05, 0.1) is 5.92 Å². The fraction of sp³-hybridized carbons (Fsp3) is 0.500. The summed E-state index contributed by atoms with van der Waals surface area (Å²) < 4.78 is 11.1. The molecule has 2 aromatic carbocycles. The van der Waals surface area contributed by atoms with Crippen molar-refractivity contribution in [1.29, 1.82) is 0 Å². The van der Waals surface area contributed by atoms with Crippen LogP contribution in [0.5, 0.6) is 11.5 Å². The Bertz CT molecular complexity index is 915. The van der Waals surface area contributed by atoms with Crippen LogP contribution >= 0.6 is 11.6 Å². The molecular formula is C26H34ClN3O3. The number of nitrogens with zero attached hydrogens (tertiary/aromatic N) is 2. The molecule has 3 heterocycles. The normalized spacial score (nSPS) is 19.8. The van der Waals surface area contributed by atoms with Gasteiger partial charge in [0, 0.05) is 23.8 Å². The number of primary amides is 1. The molecule has 2 aromatic rings. The van der Waals surface area contributed by atoms with E-state index in [9.17, 15) is 4.79 Å². The summed E-state index contributed by atoms with van der Waals surface area (Å²) in [5, 5.41) is 0.726. The van der Waals surface area contributed by atoms with Crippen molar-refractivity contribution in [1.82, 2.24) is 4.90 Å². The van der Waals surface area contributed by atoms with Crippen LogP contribution in [0.2, 0.25) is 5.02 Å². The molecule has 0 aliphatic carbocycles. The highest BCUT2D eigenvalue weighted by atomic mass is 35.5. The molecule has 6 nitrogen and oxygen atoms in total. The monoisotopic (exact) mass is 471 g/mol. The van der Waals surface area contributed by atoms with Crippen LogP contribution in [0.4, 0.5) is 5.69 Å². The number of hydrogen-bond acceptors (Lipinski definition) is 5. The molecule has 5 rings (SSSR count). The van der Waals surface area contributed by atoms with Crippen molar-refractivity contribution in [2.24, 2.45) is 11.7 Å². The minimum absolute atomic E-state index is 0.0133. The average Bonchev–Trinajstić information content (AvgIpc) is 3.53. The van der Waals surface area contributed by atoms with Crippen molar-refractivity contribution in [3.63, 3.8) is 0 Å². The molecule has 3 aliphatic rings. The van der Waals surface area contributed by atoms with Gasteiger partial charge in [0.15, 0.2) is 11.5 Å². The topological polar surface area (TPSA) is 68.0 Å². The van der Waals surface area contributed by atoms with Gasteiger partial charge in [-0.1, -0.05) is 17.7 Å². The first-order chi connectivity index (χ1) is 16.1. The SMILES string of the molecule is NC(=O)C1CCN(c2ccc(Cl)cc2)C1.c1cc2c(cc1CCCN1CCCC1)OCCO2. The van der Waals surface area contributed by atoms with Crippen LogP contribution in [-0.2, 0) is 11.2 Å². The van der Waals surface area contributed by atoms with E-state index in [-0.39, 0.29) is 11.8 Å². The van der Waals surface area contributed by atoms with E-state index in [0.717, 1.165) is 48.1 Å². The minimum atomic E-state index is -0.202. The fourth-order valence-corrected chi connectivity index (χ4v) is 4.76. The van der Waals surface area contributed by atoms with E-state index in [1.165, 1.54) is 44.5 Å². The Hall–Kier alpha value is -2.44. The molecule has 1 unspecified atom stereocenters. The van der Waals surface area contributed by atoms with E-state index in [4.69, 9.17) is 26.8 Å². The Labute approximate surface area is 201 Å². The van der Waals surface area contributed by atoms with Crippen molar-refractivity contribution in [2.45, 2.75) is 32.1 Å². The maximum Gasteiger partial charge on any atom is 0.222 e. The highest BCUT2D eigenvalue weighted by molar-refractivity contribution is 6.30. The number of ether oxygens (including phenoxy) is 2. The van der Waals surface area contributed by atoms with E-state index in [1.807, 2.05) is 30.3 Å². The Morgan fingerprint density at radius 3 is 2.42 bits per heavy atom. The second-order valence-electron chi connectivity index (χ2n) is 8.94. The number of likely N-dealkylation sites (tertiary alicyclic amines) is 1. The molecule has 0 bridgehead atoms. The lowest BCUT2D eigenvalue weighted by Gasteiger charge is -2.19. The molecular weight excluding hydrogens is 438 g/mol. The molecule has 3 aliphatic heterocycles. The third-order valence-electron chi connectivity index (χ3n) is 6.53. The first-order valence-corrected chi connectivity index (χ1v) is 12.4. The number of amides is 1. The number of nitrogens with two attached hydrogens (primary N) is 1. The molecule has 0 saturated carbocycles. The Balaban J connectivity index is 0.000000160. The number of aryl methyl sites for hydroxylation is 1. The zero-order valence-corrected chi connectivity index (χ0v) is 19.9. The van der Waals surface area contributed by atoms with E-state index in [0.29, 0.717) is 13.2 Å². The Morgan fingerprint density at radius 1 is 1.00 bits per heavy atom. The largest absolute Gasteiger partial charge is 0.486 e. The fourth-order valence-electron chi connectivity index (χ4n) is 4.64. The van der Waals surface area contributed by atoms with Crippen molar-refractivity contribution >= 4 is 23.2 Å². The maximum atomic E-state index is 11.0. The first-order valence-electron chi connectivity index (χ1n) is 12.0. The quantitative estimate of drug-likeness (QED) is 0.685. The van der Waals surface area contributed by atoms with Crippen molar-refractivity contribution in [3.05, 3.63) is 53.1 Å². The van der Waals surface area contributed by atoms with Crippen LogP contribution in [0, 0.1) is 5.92 Å². The maximum absolute atomic E-state index is 11.0. The van der Waals surface area contributed by atoms with Gasteiger partial charge >= 0.3 is 0 Å². The van der Waals surface area contributed by atoms with Crippen LogP contribution < -0.4 is 20.1 Å².